The van der Waals surface area contributed by atoms with Crippen molar-refractivity contribution in [3.8, 4) is 27.9 Å². The van der Waals surface area contributed by atoms with Crippen molar-refractivity contribution in [3.05, 3.63) is 120 Å². The largest absolute Gasteiger partial charge is 0.308 e. The fourth-order valence-corrected chi connectivity index (χ4v) is 5.75. The topological polar surface area (TPSA) is 35.1 Å². The van der Waals surface area contributed by atoms with Crippen LogP contribution in [0.1, 0.15) is 25.0 Å². The lowest BCUT2D eigenvalue weighted by Gasteiger charge is -2.22. The molecule has 1 aliphatic rings. The summed E-state index contributed by atoms with van der Waals surface area (Å²) in [5.41, 5.74) is 11.9. The van der Waals surface area contributed by atoms with Gasteiger partial charge in [0.2, 0.25) is 0 Å². The average molecular weight is 463 g/mol. The van der Waals surface area contributed by atoms with Gasteiger partial charge in [-0.15, -0.1) is 0 Å². The second-order valence-corrected chi connectivity index (χ2v) is 9.88. The summed E-state index contributed by atoms with van der Waals surface area (Å²) >= 11 is 0. The van der Waals surface area contributed by atoms with Crippen molar-refractivity contribution in [3.63, 3.8) is 0 Å². The summed E-state index contributed by atoms with van der Waals surface area (Å²) in [6.07, 6.45) is 5.57. The predicted octanol–water partition coefficient (Wildman–Crippen LogP) is 8.10. The van der Waals surface area contributed by atoms with Crippen LogP contribution in [0.15, 0.2) is 97.5 Å². The quantitative estimate of drug-likeness (QED) is 0.244. The van der Waals surface area contributed by atoms with Crippen molar-refractivity contribution >= 4 is 27.6 Å². The second kappa shape index (κ2) is 7.37. The molecule has 4 heteroatoms. The molecule has 0 aliphatic heterocycles. The molecule has 0 fully saturated rings. The third-order valence-corrected chi connectivity index (χ3v) is 7.53. The Morgan fingerprint density at radius 3 is 2.44 bits per heavy atom. The molecule has 6 aromatic rings. The predicted molar refractivity (Wildman–Crippen MR) is 146 cm³/mol. The lowest BCUT2D eigenvalue weighted by Crippen LogP contribution is -2.14. The second-order valence-electron chi connectivity index (χ2n) is 9.88. The number of pyridine rings is 2. The van der Waals surface area contributed by atoms with Crippen LogP contribution in [0.4, 0.5) is 5.69 Å². The molecule has 0 N–H and O–H groups in total. The van der Waals surface area contributed by atoms with Crippen LogP contribution < -0.4 is 0 Å². The van der Waals surface area contributed by atoms with Crippen molar-refractivity contribution in [2.75, 3.05) is 0 Å². The standard InChI is InChI=1S/C32H22N4/c1-32(2)27-16-22(33-3)11-12-24(27)25-18-30-26(17-28(25)32)31-29(10-6-14-35-31)36(30)23-9-4-7-20(15-23)21-8-5-13-34-19-21/h4-19H,1-2H3. The minimum absolute atomic E-state index is 0.191. The molecule has 0 amide bonds. The number of hydrogen-bond donors (Lipinski definition) is 0. The Labute approximate surface area is 209 Å². The molecule has 0 unspecified atom stereocenters. The normalized spacial score (nSPS) is 13.5. The van der Waals surface area contributed by atoms with Gasteiger partial charge < -0.3 is 4.57 Å². The maximum absolute atomic E-state index is 7.49. The summed E-state index contributed by atoms with van der Waals surface area (Å²) in [6.45, 7) is 12.0. The van der Waals surface area contributed by atoms with Gasteiger partial charge in [0.25, 0.3) is 0 Å². The molecule has 3 aromatic carbocycles. The fraction of sp³-hybridized carbons (Fsp3) is 0.0938. The molecule has 170 valence electrons. The Morgan fingerprint density at radius 2 is 1.61 bits per heavy atom. The Morgan fingerprint density at radius 1 is 0.778 bits per heavy atom. The lowest BCUT2D eigenvalue weighted by atomic mass is 9.82. The Bertz CT molecular complexity index is 1870. The average Bonchev–Trinajstić information content (AvgIpc) is 3.36. The van der Waals surface area contributed by atoms with E-state index in [9.17, 15) is 0 Å². The molecule has 0 radical (unpaired) electrons. The van der Waals surface area contributed by atoms with E-state index in [4.69, 9.17) is 11.6 Å². The van der Waals surface area contributed by atoms with E-state index < -0.39 is 0 Å². The highest BCUT2D eigenvalue weighted by molar-refractivity contribution is 6.09. The van der Waals surface area contributed by atoms with Gasteiger partial charge in [-0.25, -0.2) is 4.85 Å². The van der Waals surface area contributed by atoms with Gasteiger partial charge in [0.15, 0.2) is 5.69 Å². The number of aromatic nitrogens is 3. The minimum atomic E-state index is -0.191. The highest BCUT2D eigenvalue weighted by atomic mass is 15.0. The zero-order valence-corrected chi connectivity index (χ0v) is 20.0. The van der Waals surface area contributed by atoms with E-state index in [2.05, 4.69) is 88.9 Å². The third-order valence-electron chi connectivity index (χ3n) is 7.53. The molecule has 36 heavy (non-hydrogen) atoms. The van der Waals surface area contributed by atoms with Gasteiger partial charge in [0.05, 0.1) is 23.1 Å². The molecule has 7 rings (SSSR count). The van der Waals surface area contributed by atoms with Crippen molar-refractivity contribution < 1.29 is 0 Å². The first-order valence-electron chi connectivity index (χ1n) is 12.0. The van der Waals surface area contributed by atoms with E-state index in [0.717, 1.165) is 38.8 Å². The maximum Gasteiger partial charge on any atom is 0.187 e. The van der Waals surface area contributed by atoms with E-state index in [1.54, 1.807) is 6.20 Å². The van der Waals surface area contributed by atoms with E-state index in [0.29, 0.717) is 5.69 Å². The van der Waals surface area contributed by atoms with Crippen LogP contribution in [0.3, 0.4) is 0 Å². The van der Waals surface area contributed by atoms with Crippen molar-refractivity contribution in [2.45, 2.75) is 19.3 Å². The van der Waals surface area contributed by atoms with Gasteiger partial charge in [-0.3, -0.25) is 9.97 Å². The first-order chi connectivity index (χ1) is 17.6. The first-order valence-corrected chi connectivity index (χ1v) is 12.0. The zero-order valence-electron chi connectivity index (χ0n) is 20.0. The van der Waals surface area contributed by atoms with E-state index in [1.165, 1.54) is 22.3 Å². The molecule has 0 atom stereocenters. The number of benzene rings is 3. The molecule has 0 saturated carbocycles. The molecule has 0 bridgehead atoms. The van der Waals surface area contributed by atoms with Crippen LogP contribution in [0, 0.1) is 6.57 Å². The van der Waals surface area contributed by atoms with Gasteiger partial charge >= 0.3 is 0 Å². The highest BCUT2D eigenvalue weighted by Gasteiger charge is 2.36. The van der Waals surface area contributed by atoms with E-state index >= 15 is 0 Å². The summed E-state index contributed by atoms with van der Waals surface area (Å²) < 4.78 is 2.32. The maximum atomic E-state index is 7.49. The van der Waals surface area contributed by atoms with Gasteiger partial charge in [-0.05, 0) is 70.3 Å². The molecular formula is C32H22N4. The monoisotopic (exact) mass is 462 g/mol. The Balaban J connectivity index is 1.54. The molecule has 3 aromatic heterocycles. The molecule has 0 saturated heterocycles. The summed E-state index contributed by atoms with van der Waals surface area (Å²) in [7, 11) is 0. The van der Waals surface area contributed by atoms with Gasteiger partial charge in [-0.2, -0.15) is 0 Å². The number of hydrogen-bond acceptors (Lipinski definition) is 2. The minimum Gasteiger partial charge on any atom is -0.308 e. The molecule has 4 nitrogen and oxygen atoms in total. The third kappa shape index (κ3) is 2.80. The van der Waals surface area contributed by atoms with E-state index in [1.807, 2.05) is 30.6 Å². The summed E-state index contributed by atoms with van der Waals surface area (Å²) in [5, 5.41) is 1.14. The van der Waals surface area contributed by atoms with Crippen LogP contribution in [-0.2, 0) is 5.41 Å². The van der Waals surface area contributed by atoms with Crippen LogP contribution in [0.2, 0.25) is 0 Å². The summed E-state index contributed by atoms with van der Waals surface area (Å²) in [5.74, 6) is 0. The fourth-order valence-electron chi connectivity index (χ4n) is 5.75. The number of fused-ring (bicyclic) bond motifs is 6. The number of rotatable bonds is 2. The van der Waals surface area contributed by atoms with E-state index in [-0.39, 0.29) is 5.41 Å². The molecule has 3 heterocycles. The van der Waals surface area contributed by atoms with Gasteiger partial charge in [-0.1, -0.05) is 50.2 Å². The van der Waals surface area contributed by atoms with Crippen LogP contribution in [0.25, 0.3) is 54.7 Å². The molecular weight excluding hydrogens is 440 g/mol. The van der Waals surface area contributed by atoms with Crippen molar-refractivity contribution in [1.82, 2.24) is 14.5 Å². The Kier molecular flexibility index (Phi) is 4.22. The SMILES string of the molecule is [C-]#[N+]c1ccc2c(c1)C(C)(C)c1cc3c4ncccc4n(-c4cccc(-c5cccnc5)c4)c3cc1-2. The van der Waals surface area contributed by atoms with Gasteiger partial charge in [0, 0.05) is 40.6 Å². The Hall–Kier alpha value is -4.75. The van der Waals surface area contributed by atoms with Crippen molar-refractivity contribution in [1.29, 1.82) is 0 Å². The zero-order chi connectivity index (χ0) is 24.4. The highest BCUT2D eigenvalue weighted by Crippen LogP contribution is 2.51. The molecule has 0 spiro atoms. The molecule has 1 aliphatic carbocycles. The summed E-state index contributed by atoms with van der Waals surface area (Å²) in [6, 6.07) is 27.5. The summed E-state index contributed by atoms with van der Waals surface area (Å²) in [4.78, 5) is 12.8. The smallest absolute Gasteiger partial charge is 0.187 e. The first kappa shape index (κ1) is 20.6. The van der Waals surface area contributed by atoms with Crippen molar-refractivity contribution in [2.24, 2.45) is 0 Å². The van der Waals surface area contributed by atoms with Gasteiger partial charge in [0.1, 0.15) is 0 Å². The van der Waals surface area contributed by atoms with Crippen LogP contribution >= 0.6 is 0 Å². The van der Waals surface area contributed by atoms with Crippen LogP contribution in [0.5, 0.6) is 0 Å². The van der Waals surface area contributed by atoms with Crippen LogP contribution in [-0.4, -0.2) is 14.5 Å². The lowest BCUT2D eigenvalue weighted by molar-refractivity contribution is 0.661. The number of nitrogens with zero attached hydrogens (tertiary/aromatic N) is 4.